The SMILES string of the molecule is CCCCN1CCN(C(C)(C)C(=O)N[C@@H](Cc2ccccc2)[C@@H](N)C[C@@H](C)C(=O)Nc2ccc(F)cc2)C(=O)C1=O. The van der Waals surface area contributed by atoms with Gasteiger partial charge >= 0.3 is 11.8 Å². The van der Waals surface area contributed by atoms with Crippen molar-refractivity contribution >= 4 is 29.3 Å². The molecule has 41 heavy (non-hydrogen) atoms. The third-order valence-electron chi connectivity index (χ3n) is 7.64. The van der Waals surface area contributed by atoms with E-state index in [1.807, 2.05) is 37.3 Å². The Bertz CT molecular complexity index is 1200. The van der Waals surface area contributed by atoms with Crippen LogP contribution in [0, 0.1) is 11.7 Å². The first-order valence-electron chi connectivity index (χ1n) is 14.2. The van der Waals surface area contributed by atoms with Crippen LogP contribution < -0.4 is 16.4 Å². The molecule has 1 heterocycles. The fourth-order valence-electron chi connectivity index (χ4n) is 4.89. The number of halogens is 1. The minimum atomic E-state index is -1.30. The molecule has 9 nitrogen and oxygen atoms in total. The van der Waals surface area contributed by atoms with Gasteiger partial charge in [-0.3, -0.25) is 19.2 Å². The molecule has 10 heteroatoms. The van der Waals surface area contributed by atoms with Gasteiger partial charge < -0.3 is 26.2 Å². The summed E-state index contributed by atoms with van der Waals surface area (Å²) in [6.45, 7) is 8.15. The summed E-state index contributed by atoms with van der Waals surface area (Å²) < 4.78 is 13.2. The van der Waals surface area contributed by atoms with Crippen molar-refractivity contribution in [2.75, 3.05) is 25.0 Å². The number of unbranched alkanes of at least 4 members (excludes halogenated alkanes) is 1. The van der Waals surface area contributed by atoms with Gasteiger partial charge in [0.25, 0.3) is 0 Å². The molecule has 0 bridgehead atoms. The van der Waals surface area contributed by atoms with Crippen LogP contribution in [0.25, 0.3) is 0 Å². The summed E-state index contributed by atoms with van der Waals surface area (Å²) in [4.78, 5) is 55.1. The van der Waals surface area contributed by atoms with E-state index in [2.05, 4.69) is 10.6 Å². The second-order valence-electron chi connectivity index (χ2n) is 11.2. The Morgan fingerprint density at radius 3 is 2.32 bits per heavy atom. The third-order valence-corrected chi connectivity index (χ3v) is 7.64. The lowest BCUT2D eigenvalue weighted by molar-refractivity contribution is -0.162. The summed E-state index contributed by atoms with van der Waals surface area (Å²) in [5.41, 5.74) is 6.74. The number of carbonyl (C=O) groups excluding carboxylic acids is 4. The van der Waals surface area contributed by atoms with Gasteiger partial charge in [0.2, 0.25) is 11.8 Å². The number of carbonyl (C=O) groups is 4. The fraction of sp³-hybridized carbons (Fsp3) is 0.484. The van der Waals surface area contributed by atoms with Crippen molar-refractivity contribution in [3.05, 3.63) is 66.0 Å². The fourth-order valence-corrected chi connectivity index (χ4v) is 4.89. The van der Waals surface area contributed by atoms with E-state index in [4.69, 9.17) is 5.73 Å². The molecule has 0 spiro atoms. The number of amides is 4. The number of nitrogens with two attached hydrogens (primary N) is 1. The molecule has 0 unspecified atom stereocenters. The van der Waals surface area contributed by atoms with Crippen LogP contribution in [0.15, 0.2) is 54.6 Å². The zero-order valence-electron chi connectivity index (χ0n) is 24.4. The monoisotopic (exact) mass is 567 g/mol. The molecule has 1 saturated heterocycles. The lowest BCUT2D eigenvalue weighted by atomic mass is 9.90. The van der Waals surface area contributed by atoms with Gasteiger partial charge in [0.15, 0.2) is 0 Å². The van der Waals surface area contributed by atoms with Crippen LogP contribution in [0.4, 0.5) is 10.1 Å². The maximum atomic E-state index is 13.7. The van der Waals surface area contributed by atoms with E-state index in [0.29, 0.717) is 25.2 Å². The van der Waals surface area contributed by atoms with Crippen molar-refractivity contribution in [1.29, 1.82) is 0 Å². The zero-order valence-corrected chi connectivity index (χ0v) is 24.4. The van der Waals surface area contributed by atoms with Gasteiger partial charge in [-0.25, -0.2) is 4.39 Å². The molecule has 0 saturated carbocycles. The first kappa shape index (κ1) is 31.7. The quantitative estimate of drug-likeness (QED) is 0.321. The molecule has 2 aromatic carbocycles. The first-order valence-corrected chi connectivity index (χ1v) is 14.2. The molecular weight excluding hydrogens is 525 g/mol. The highest BCUT2D eigenvalue weighted by molar-refractivity contribution is 6.36. The Hall–Kier alpha value is -3.79. The molecule has 4 N–H and O–H groups in total. The molecule has 2 aromatic rings. The van der Waals surface area contributed by atoms with Crippen LogP contribution in [0.2, 0.25) is 0 Å². The number of hydrogen-bond acceptors (Lipinski definition) is 5. The molecule has 0 radical (unpaired) electrons. The molecule has 1 aliphatic heterocycles. The topological polar surface area (TPSA) is 125 Å². The second kappa shape index (κ2) is 14.2. The average Bonchev–Trinajstić information content (AvgIpc) is 2.94. The van der Waals surface area contributed by atoms with Crippen LogP contribution in [-0.2, 0) is 25.6 Å². The van der Waals surface area contributed by atoms with Crippen LogP contribution in [0.3, 0.4) is 0 Å². The molecule has 1 fully saturated rings. The number of anilines is 1. The summed E-state index contributed by atoms with van der Waals surface area (Å²) in [5, 5.41) is 5.80. The summed E-state index contributed by atoms with van der Waals surface area (Å²) in [7, 11) is 0. The number of nitrogens with zero attached hydrogens (tertiary/aromatic N) is 2. The number of piperazine rings is 1. The van der Waals surface area contributed by atoms with Crippen LogP contribution >= 0.6 is 0 Å². The van der Waals surface area contributed by atoms with Gasteiger partial charge in [-0.1, -0.05) is 50.6 Å². The molecule has 222 valence electrons. The summed E-state index contributed by atoms with van der Waals surface area (Å²) in [6, 6.07) is 13.9. The van der Waals surface area contributed by atoms with E-state index in [-0.39, 0.29) is 18.9 Å². The average molecular weight is 568 g/mol. The van der Waals surface area contributed by atoms with Gasteiger partial charge in [-0.05, 0) is 62.9 Å². The smallest absolute Gasteiger partial charge is 0.313 e. The standard InChI is InChI=1S/C31H42FN5O4/c1-5-6-16-36-17-18-37(29(40)28(36)39)31(3,4)30(41)35-26(20-22-10-8-7-9-11-22)25(33)19-21(2)27(38)34-24-14-12-23(32)13-15-24/h7-15,21,25-26H,5-6,16-20,33H2,1-4H3,(H,34,38)(H,35,41)/t21-,25+,26+/m1/s1. The molecule has 0 aliphatic carbocycles. The molecular formula is C31H42FN5O4. The molecule has 3 atom stereocenters. The third kappa shape index (κ3) is 8.36. The van der Waals surface area contributed by atoms with Crippen molar-refractivity contribution in [2.45, 2.75) is 71.0 Å². The van der Waals surface area contributed by atoms with Gasteiger partial charge in [0.05, 0.1) is 0 Å². The Morgan fingerprint density at radius 1 is 1.02 bits per heavy atom. The number of rotatable bonds is 13. The van der Waals surface area contributed by atoms with Gasteiger partial charge in [-0.2, -0.15) is 0 Å². The van der Waals surface area contributed by atoms with Gasteiger partial charge in [-0.15, -0.1) is 0 Å². The van der Waals surface area contributed by atoms with Crippen molar-refractivity contribution < 1.29 is 23.6 Å². The minimum absolute atomic E-state index is 0.255. The molecule has 4 amide bonds. The maximum Gasteiger partial charge on any atom is 0.313 e. The normalized spacial score (nSPS) is 16.2. The molecule has 1 aliphatic rings. The predicted octanol–water partition coefficient (Wildman–Crippen LogP) is 3.09. The van der Waals surface area contributed by atoms with E-state index in [9.17, 15) is 23.6 Å². The van der Waals surface area contributed by atoms with E-state index in [0.717, 1.165) is 18.4 Å². The van der Waals surface area contributed by atoms with E-state index < -0.39 is 47.1 Å². The maximum absolute atomic E-state index is 13.7. The Labute approximate surface area is 241 Å². The molecule has 0 aromatic heterocycles. The Kier molecular flexibility index (Phi) is 11.0. The van der Waals surface area contributed by atoms with Crippen molar-refractivity contribution in [3.8, 4) is 0 Å². The summed E-state index contributed by atoms with van der Waals surface area (Å²) >= 11 is 0. The lowest BCUT2D eigenvalue weighted by Crippen LogP contribution is -2.66. The highest BCUT2D eigenvalue weighted by Gasteiger charge is 2.44. The number of hydrogen-bond donors (Lipinski definition) is 3. The lowest BCUT2D eigenvalue weighted by Gasteiger charge is -2.43. The predicted molar refractivity (Wildman–Crippen MR) is 156 cm³/mol. The highest BCUT2D eigenvalue weighted by Crippen LogP contribution is 2.21. The number of benzene rings is 2. The summed E-state index contributed by atoms with van der Waals surface area (Å²) in [6.07, 6.45) is 2.39. The Balaban J connectivity index is 1.71. The Morgan fingerprint density at radius 2 is 1.68 bits per heavy atom. The zero-order chi connectivity index (χ0) is 30.2. The van der Waals surface area contributed by atoms with E-state index in [1.165, 1.54) is 29.2 Å². The largest absolute Gasteiger partial charge is 0.349 e. The first-order chi connectivity index (χ1) is 19.4. The minimum Gasteiger partial charge on any atom is -0.349 e. The number of nitrogens with one attached hydrogen (secondary N) is 2. The second-order valence-corrected chi connectivity index (χ2v) is 11.2. The van der Waals surface area contributed by atoms with Crippen LogP contribution in [0.5, 0.6) is 0 Å². The van der Waals surface area contributed by atoms with Gasteiger partial charge in [0.1, 0.15) is 11.4 Å². The van der Waals surface area contributed by atoms with Crippen molar-refractivity contribution in [2.24, 2.45) is 11.7 Å². The van der Waals surface area contributed by atoms with Gasteiger partial charge in [0, 0.05) is 43.3 Å². The van der Waals surface area contributed by atoms with Crippen LogP contribution in [-0.4, -0.2) is 70.7 Å². The van der Waals surface area contributed by atoms with Crippen molar-refractivity contribution in [1.82, 2.24) is 15.1 Å². The van der Waals surface area contributed by atoms with E-state index >= 15 is 0 Å². The van der Waals surface area contributed by atoms with Crippen LogP contribution in [0.1, 0.15) is 52.5 Å². The van der Waals surface area contributed by atoms with Crippen molar-refractivity contribution in [3.63, 3.8) is 0 Å². The highest BCUT2D eigenvalue weighted by atomic mass is 19.1. The summed E-state index contributed by atoms with van der Waals surface area (Å²) in [5.74, 6) is -2.90. The van der Waals surface area contributed by atoms with E-state index in [1.54, 1.807) is 25.7 Å². The molecule has 3 rings (SSSR count).